The summed E-state index contributed by atoms with van der Waals surface area (Å²) in [7, 11) is 0. The monoisotopic (exact) mass is 155 g/mol. The van der Waals surface area contributed by atoms with Gasteiger partial charge in [-0.2, -0.15) is 0 Å². The van der Waals surface area contributed by atoms with Gasteiger partial charge in [0.1, 0.15) is 0 Å². The quantitative estimate of drug-likeness (QED) is 0.432. The molecule has 0 bridgehead atoms. The second-order valence-corrected chi connectivity index (χ2v) is 2.94. The third-order valence-corrected chi connectivity index (χ3v) is 2.14. The van der Waals surface area contributed by atoms with Gasteiger partial charge in [0.05, 0.1) is 0 Å². The van der Waals surface area contributed by atoms with Crippen LogP contribution < -0.4 is 16.0 Å². The van der Waals surface area contributed by atoms with Gasteiger partial charge in [-0.05, 0) is 0 Å². The Morgan fingerprint density at radius 1 is 0.909 bits per heavy atom. The number of piperazine rings is 1. The average Bonchev–Trinajstić information content (AvgIpc) is 2.58. The van der Waals surface area contributed by atoms with Crippen LogP contribution >= 0.6 is 0 Å². The van der Waals surface area contributed by atoms with Gasteiger partial charge in [0.25, 0.3) is 0 Å². The molecular formula is C7H15N4. The normalized spacial score (nSPS) is 29.5. The summed E-state index contributed by atoms with van der Waals surface area (Å²) in [6, 6.07) is 0. The number of nitrogens with zero attached hydrogens (tertiary/aromatic N) is 1. The van der Waals surface area contributed by atoms with Gasteiger partial charge >= 0.3 is 0 Å². The van der Waals surface area contributed by atoms with Crippen molar-refractivity contribution in [1.29, 1.82) is 0 Å². The van der Waals surface area contributed by atoms with E-state index in [1.165, 1.54) is 6.29 Å². The van der Waals surface area contributed by atoms with Gasteiger partial charge in [0.15, 0.2) is 6.29 Å². The van der Waals surface area contributed by atoms with E-state index in [0.717, 1.165) is 39.3 Å². The molecule has 1 radical (unpaired) electrons. The fourth-order valence-corrected chi connectivity index (χ4v) is 1.54. The summed E-state index contributed by atoms with van der Waals surface area (Å²) in [4.78, 5) is 2.36. The number of rotatable bonds is 1. The summed E-state index contributed by atoms with van der Waals surface area (Å²) >= 11 is 0. The Morgan fingerprint density at radius 2 is 1.55 bits per heavy atom. The van der Waals surface area contributed by atoms with Crippen LogP contribution in [0.25, 0.3) is 0 Å². The Labute approximate surface area is 67.3 Å². The number of nitrogens with one attached hydrogen (secondary N) is 3. The first-order valence-corrected chi connectivity index (χ1v) is 4.27. The molecule has 2 fully saturated rings. The molecule has 0 aliphatic carbocycles. The van der Waals surface area contributed by atoms with E-state index in [0.29, 0.717) is 0 Å². The molecule has 0 unspecified atom stereocenters. The van der Waals surface area contributed by atoms with E-state index >= 15 is 0 Å². The lowest BCUT2D eigenvalue weighted by atomic mass is 10.4. The van der Waals surface area contributed by atoms with Crippen LogP contribution in [0.3, 0.4) is 0 Å². The topological polar surface area (TPSA) is 39.3 Å². The SMILES string of the molecule is C1CN([C]2NCCN2)CCN1. The van der Waals surface area contributed by atoms with Gasteiger partial charge in [-0.1, -0.05) is 0 Å². The van der Waals surface area contributed by atoms with Crippen molar-refractivity contribution in [3.05, 3.63) is 6.29 Å². The van der Waals surface area contributed by atoms with Crippen molar-refractivity contribution in [2.75, 3.05) is 39.3 Å². The fourth-order valence-electron chi connectivity index (χ4n) is 1.54. The molecule has 4 nitrogen and oxygen atoms in total. The second kappa shape index (κ2) is 3.49. The Bertz CT molecular complexity index is 116. The van der Waals surface area contributed by atoms with Gasteiger partial charge in [0.2, 0.25) is 0 Å². The molecule has 2 rings (SSSR count). The van der Waals surface area contributed by atoms with Crippen molar-refractivity contribution in [3.8, 4) is 0 Å². The van der Waals surface area contributed by atoms with Crippen molar-refractivity contribution >= 4 is 0 Å². The molecule has 0 amide bonds. The molecule has 0 aromatic heterocycles. The Hall–Kier alpha value is -0.160. The molecule has 0 aromatic carbocycles. The van der Waals surface area contributed by atoms with Crippen LogP contribution in [0.1, 0.15) is 0 Å². The highest BCUT2D eigenvalue weighted by Crippen LogP contribution is 2.04. The molecule has 0 aromatic rings. The molecule has 2 saturated heterocycles. The van der Waals surface area contributed by atoms with E-state index in [9.17, 15) is 0 Å². The molecular weight excluding hydrogens is 140 g/mol. The summed E-state index contributed by atoms with van der Waals surface area (Å²) in [5.74, 6) is 0. The highest BCUT2D eigenvalue weighted by atomic mass is 15.4. The van der Waals surface area contributed by atoms with Gasteiger partial charge in [0, 0.05) is 39.3 Å². The second-order valence-electron chi connectivity index (χ2n) is 2.94. The predicted molar refractivity (Wildman–Crippen MR) is 43.7 cm³/mol. The average molecular weight is 155 g/mol. The van der Waals surface area contributed by atoms with Crippen LogP contribution in [0.4, 0.5) is 0 Å². The predicted octanol–water partition coefficient (Wildman–Crippen LogP) is -1.47. The van der Waals surface area contributed by atoms with E-state index < -0.39 is 0 Å². The van der Waals surface area contributed by atoms with Crippen molar-refractivity contribution in [3.63, 3.8) is 0 Å². The van der Waals surface area contributed by atoms with E-state index in [-0.39, 0.29) is 0 Å². The molecule has 2 aliphatic rings. The van der Waals surface area contributed by atoms with Gasteiger partial charge < -0.3 is 5.32 Å². The van der Waals surface area contributed by atoms with Crippen LogP contribution in [0.15, 0.2) is 0 Å². The van der Waals surface area contributed by atoms with Crippen LogP contribution in [0.2, 0.25) is 0 Å². The third-order valence-electron chi connectivity index (χ3n) is 2.14. The lowest BCUT2D eigenvalue weighted by Crippen LogP contribution is -2.50. The zero-order valence-electron chi connectivity index (χ0n) is 6.69. The fraction of sp³-hybridized carbons (Fsp3) is 0.857. The van der Waals surface area contributed by atoms with Crippen molar-refractivity contribution in [2.24, 2.45) is 0 Å². The molecule has 0 spiro atoms. The van der Waals surface area contributed by atoms with E-state index in [1.54, 1.807) is 0 Å². The summed E-state index contributed by atoms with van der Waals surface area (Å²) in [5.41, 5.74) is 0. The zero-order chi connectivity index (χ0) is 7.52. The summed E-state index contributed by atoms with van der Waals surface area (Å²) in [5, 5.41) is 9.99. The van der Waals surface area contributed by atoms with Gasteiger partial charge in [-0.3, -0.25) is 15.5 Å². The molecule has 0 saturated carbocycles. The maximum absolute atomic E-state index is 3.33. The maximum Gasteiger partial charge on any atom is 0.173 e. The Kier molecular flexibility index (Phi) is 2.38. The molecule has 3 N–H and O–H groups in total. The standard InChI is InChI=1S/C7H15N4/c1-2-10-7(9-1)11-5-3-8-4-6-11/h8-10H,1-6H2. The van der Waals surface area contributed by atoms with Crippen molar-refractivity contribution < 1.29 is 0 Å². The Morgan fingerprint density at radius 3 is 2.18 bits per heavy atom. The van der Waals surface area contributed by atoms with Crippen LogP contribution in [-0.4, -0.2) is 44.2 Å². The minimum Gasteiger partial charge on any atom is -0.314 e. The minimum atomic E-state index is 1.07. The third kappa shape index (κ3) is 1.70. The lowest BCUT2D eigenvalue weighted by molar-refractivity contribution is 0.222. The summed E-state index contributed by atoms with van der Waals surface area (Å²) in [6.45, 7) is 6.59. The smallest absolute Gasteiger partial charge is 0.173 e. The molecule has 2 heterocycles. The first-order chi connectivity index (χ1) is 5.47. The highest BCUT2D eigenvalue weighted by molar-refractivity contribution is 4.91. The first-order valence-electron chi connectivity index (χ1n) is 4.27. The largest absolute Gasteiger partial charge is 0.314 e. The number of hydrogen-bond donors (Lipinski definition) is 3. The van der Waals surface area contributed by atoms with E-state index in [2.05, 4.69) is 20.9 Å². The van der Waals surface area contributed by atoms with Gasteiger partial charge in [-0.25, -0.2) is 0 Å². The van der Waals surface area contributed by atoms with E-state index in [4.69, 9.17) is 0 Å². The molecule has 63 valence electrons. The lowest BCUT2D eigenvalue weighted by Gasteiger charge is -2.31. The number of hydrogen-bond acceptors (Lipinski definition) is 4. The van der Waals surface area contributed by atoms with Crippen LogP contribution in [-0.2, 0) is 0 Å². The van der Waals surface area contributed by atoms with E-state index in [1.807, 2.05) is 0 Å². The van der Waals surface area contributed by atoms with Crippen molar-refractivity contribution in [1.82, 2.24) is 20.9 Å². The zero-order valence-corrected chi connectivity index (χ0v) is 6.69. The van der Waals surface area contributed by atoms with Crippen LogP contribution in [0.5, 0.6) is 0 Å². The maximum atomic E-state index is 3.33. The molecule has 0 atom stereocenters. The van der Waals surface area contributed by atoms with Crippen molar-refractivity contribution in [2.45, 2.75) is 0 Å². The molecule has 4 heteroatoms. The summed E-state index contributed by atoms with van der Waals surface area (Å²) in [6.07, 6.45) is 1.23. The highest BCUT2D eigenvalue weighted by Gasteiger charge is 2.23. The first kappa shape index (κ1) is 7.49. The minimum absolute atomic E-state index is 1.07. The molecule has 11 heavy (non-hydrogen) atoms. The Balaban J connectivity index is 1.82. The van der Waals surface area contributed by atoms with Gasteiger partial charge in [-0.15, -0.1) is 0 Å². The van der Waals surface area contributed by atoms with Crippen LogP contribution in [0, 0.1) is 6.29 Å². The summed E-state index contributed by atoms with van der Waals surface area (Å²) < 4.78 is 0. The molecule has 2 aliphatic heterocycles.